The zero-order valence-electron chi connectivity index (χ0n) is 8.91. The van der Waals surface area contributed by atoms with Crippen LogP contribution in [0.4, 0.5) is 0 Å². The smallest absolute Gasteiger partial charge is 0.266 e. The lowest BCUT2D eigenvalue weighted by molar-refractivity contribution is 0.415. The zero-order chi connectivity index (χ0) is 12.0. The van der Waals surface area contributed by atoms with Gasteiger partial charge in [-0.25, -0.2) is 0 Å². The molecule has 0 amide bonds. The Balaban J connectivity index is 2.60. The van der Waals surface area contributed by atoms with Crippen LogP contribution in [0.15, 0.2) is 32.8 Å². The molecule has 0 unspecified atom stereocenters. The van der Waals surface area contributed by atoms with Gasteiger partial charge in [-0.05, 0) is 39.5 Å². The van der Waals surface area contributed by atoms with Crippen LogP contribution in [0.2, 0.25) is 0 Å². The van der Waals surface area contributed by atoms with E-state index in [2.05, 4.69) is 20.9 Å². The molecule has 2 heterocycles. The van der Waals surface area contributed by atoms with Crippen LogP contribution in [0.3, 0.4) is 0 Å². The molecular formula is C12H8BrNO2S. The first-order valence-corrected chi connectivity index (χ1v) is 6.64. The second-order valence-corrected chi connectivity index (χ2v) is 5.42. The Morgan fingerprint density at radius 3 is 2.94 bits per heavy atom. The fraction of sp³-hybridized carbons (Fsp3) is 0.0833. The highest BCUT2D eigenvalue weighted by molar-refractivity contribution is 9.10. The summed E-state index contributed by atoms with van der Waals surface area (Å²) in [5, 5.41) is 3.88. The summed E-state index contributed by atoms with van der Waals surface area (Å²) in [7, 11) is 1.63. The molecule has 0 radical (unpaired) electrons. The van der Waals surface area contributed by atoms with Crippen molar-refractivity contribution in [1.82, 2.24) is 4.98 Å². The van der Waals surface area contributed by atoms with Crippen molar-refractivity contribution < 1.29 is 4.74 Å². The number of hydrogen-bond donors (Lipinski definition) is 1. The van der Waals surface area contributed by atoms with Crippen molar-refractivity contribution in [2.24, 2.45) is 0 Å². The highest BCUT2D eigenvalue weighted by Gasteiger charge is 2.10. The van der Waals surface area contributed by atoms with E-state index in [1.165, 1.54) is 11.3 Å². The van der Waals surface area contributed by atoms with Crippen molar-refractivity contribution in [2.75, 3.05) is 7.11 Å². The van der Waals surface area contributed by atoms with Gasteiger partial charge in [0.2, 0.25) is 0 Å². The number of H-pyrrole nitrogens is 1. The number of aromatic amines is 1. The number of fused-ring (bicyclic) bond motifs is 3. The maximum Gasteiger partial charge on any atom is 0.266 e. The van der Waals surface area contributed by atoms with E-state index >= 15 is 0 Å². The van der Waals surface area contributed by atoms with E-state index in [0.717, 1.165) is 31.2 Å². The number of aromatic nitrogens is 1. The molecule has 2 aromatic heterocycles. The number of nitrogens with one attached hydrogen (secondary N) is 1. The molecule has 3 aromatic rings. The molecule has 0 fully saturated rings. The Morgan fingerprint density at radius 2 is 2.18 bits per heavy atom. The third kappa shape index (κ3) is 1.57. The number of rotatable bonds is 1. The van der Waals surface area contributed by atoms with Gasteiger partial charge in [-0.15, -0.1) is 11.3 Å². The Kier molecular flexibility index (Phi) is 2.45. The van der Waals surface area contributed by atoms with E-state index in [9.17, 15) is 4.79 Å². The summed E-state index contributed by atoms with van der Waals surface area (Å²) in [6.45, 7) is 0. The molecule has 1 aromatic carbocycles. The highest BCUT2D eigenvalue weighted by atomic mass is 79.9. The Bertz CT molecular complexity index is 775. The summed E-state index contributed by atoms with van der Waals surface area (Å²) in [6, 6.07) is 5.74. The average molecular weight is 310 g/mol. The monoisotopic (exact) mass is 309 g/mol. The van der Waals surface area contributed by atoms with Crippen molar-refractivity contribution in [3.8, 4) is 5.75 Å². The van der Waals surface area contributed by atoms with Crippen LogP contribution in [-0.2, 0) is 0 Å². The normalized spacial score (nSPS) is 11.2. The van der Waals surface area contributed by atoms with E-state index in [4.69, 9.17) is 4.74 Å². The molecule has 0 saturated carbocycles. The van der Waals surface area contributed by atoms with Crippen molar-refractivity contribution in [1.29, 1.82) is 0 Å². The maximum absolute atomic E-state index is 11.9. The first-order chi connectivity index (χ1) is 8.20. The van der Waals surface area contributed by atoms with Crippen LogP contribution in [-0.4, -0.2) is 12.1 Å². The first-order valence-electron chi connectivity index (χ1n) is 4.97. The fourth-order valence-electron chi connectivity index (χ4n) is 1.91. The number of thiophene rings is 1. The summed E-state index contributed by atoms with van der Waals surface area (Å²) in [6.07, 6.45) is 0. The summed E-state index contributed by atoms with van der Waals surface area (Å²) in [4.78, 5) is 14.8. The van der Waals surface area contributed by atoms with E-state index in [1.54, 1.807) is 7.11 Å². The van der Waals surface area contributed by atoms with Gasteiger partial charge >= 0.3 is 0 Å². The van der Waals surface area contributed by atoms with Crippen LogP contribution >= 0.6 is 27.3 Å². The third-order valence-corrected chi connectivity index (χ3v) is 4.24. The topological polar surface area (TPSA) is 42.1 Å². The van der Waals surface area contributed by atoms with Crippen LogP contribution < -0.4 is 10.3 Å². The predicted octanol–water partition coefficient (Wildman–Crippen LogP) is 3.51. The van der Waals surface area contributed by atoms with Crippen LogP contribution in [0.1, 0.15) is 0 Å². The van der Waals surface area contributed by atoms with Gasteiger partial charge in [0.1, 0.15) is 10.4 Å². The molecule has 3 nitrogen and oxygen atoms in total. The molecule has 0 atom stereocenters. The lowest BCUT2D eigenvalue weighted by Gasteiger charge is -2.06. The molecule has 3 rings (SSSR count). The van der Waals surface area contributed by atoms with Crippen molar-refractivity contribution in [3.05, 3.63) is 38.4 Å². The third-order valence-electron chi connectivity index (χ3n) is 2.70. The standard InChI is InChI=1S/C12H8BrNO2S/c1-16-6-4-8-7-2-3-17-11(7)12(15)14-10(8)9(13)5-6/h2-5H,1H3,(H,14,15). The van der Waals surface area contributed by atoms with Gasteiger partial charge in [-0.2, -0.15) is 0 Å². The maximum atomic E-state index is 11.9. The van der Waals surface area contributed by atoms with Crippen molar-refractivity contribution >= 4 is 48.3 Å². The Morgan fingerprint density at radius 1 is 1.35 bits per heavy atom. The summed E-state index contributed by atoms with van der Waals surface area (Å²) < 4.78 is 6.82. The SMILES string of the molecule is COc1cc(Br)c2[nH]c(=O)c3sccc3c2c1. The van der Waals surface area contributed by atoms with E-state index in [-0.39, 0.29) is 5.56 Å². The molecule has 1 N–H and O–H groups in total. The van der Waals surface area contributed by atoms with Crippen molar-refractivity contribution in [3.63, 3.8) is 0 Å². The second kappa shape index (κ2) is 3.85. The van der Waals surface area contributed by atoms with Gasteiger partial charge in [0.15, 0.2) is 0 Å². The summed E-state index contributed by atoms with van der Waals surface area (Å²) in [5.74, 6) is 0.768. The number of methoxy groups -OCH3 is 1. The minimum absolute atomic E-state index is 0.0478. The summed E-state index contributed by atoms with van der Waals surface area (Å²) in [5.41, 5.74) is 0.759. The largest absolute Gasteiger partial charge is 0.497 e. The lowest BCUT2D eigenvalue weighted by Crippen LogP contribution is -2.04. The lowest BCUT2D eigenvalue weighted by atomic mass is 10.1. The van der Waals surface area contributed by atoms with Crippen LogP contribution in [0.25, 0.3) is 21.0 Å². The van der Waals surface area contributed by atoms with Crippen LogP contribution in [0.5, 0.6) is 5.75 Å². The number of pyridine rings is 1. The van der Waals surface area contributed by atoms with Gasteiger partial charge in [0, 0.05) is 15.2 Å². The number of ether oxygens (including phenoxy) is 1. The number of benzene rings is 1. The molecule has 17 heavy (non-hydrogen) atoms. The molecule has 0 spiro atoms. The van der Waals surface area contributed by atoms with Gasteiger partial charge in [-0.3, -0.25) is 4.79 Å². The average Bonchev–Trinajstić information content (AvgIpc) is 2.80. The van der Waals surface area contributed by atoms with E-state index < -0.39 is 0 Å². The molecule has 0 aliphatic heterocycles. The Labute approximate surface area is 109 Å². The highest BCUT2D eigenvalue weighted by Crippen LogP contribution is 2.32. The molecule has 0 saturated heterocycles. The minimum Gasteiger partial charge on any atom is -0.497 e. The van der Waals surface area contributed by atoms with Crippen molar-refractivity contribution in [2.45, 2.75) is 0 Å². The molecule has 0 bridgehead atoms. The second-order valence-electron chi connectivity index (χ2n) is 3.65. The molecule has 86 valence electrons. The molecular weight excluding hydrogens is 302 g/mol. The molecule has 0 aliphatic carbocycles. The van der Waals surface area contributed by atoms with Gasteiger partial charge in [0.05, 0.1) is 12.6 Å². The molecule has 0 aliphatic rings. The van der Waals surface area contributed by atoms with E-state index in [1.807, 2.05) is 23.6 Å². The van der Waals surface area contributed by atoms with Crippen LogP contribution in [0, 0.1) is 0 Å². The van der Waals surface area contributed by atoms with E-state index in [0.29, 0.717) is 0 Å². The quantitative estimate of drug-likeness (QED) is 0.747. The first kappa shape index (κ1) is 10.8. The predicted molar refractivity (Wildman–Crippen MR) is 74.2 cm³/mol. The summed E-state index contributed by atoms with van der Waals surface area (Å²) >= 11 is 4.90. The number of halogens is 1. The fourth-order valence-corrected chi connectivity index (χ4v) is 3.25. The number of hydrogen-bond acceptors (Lipinski definition) is 3. The minimum atomic E-state index is -0.0478. The molecule has 5 heteroatoms. The zero-order valence-corrected chi connectivity index (χ0v) is 11.3. The van der Waals surface area contributed by atoms with Gasteiger partial charge < -0.3 is 9.72 Å². The Hall–Kier alpha value is -1.33. The van der Waals surface area contributed by atoms with Gasteiger partial charge in [-0.1, -0.05) is 0 Å². The van der Waals surface area contributed by atoms with Gasteiger partial charge in [0.25, 0.3) is 5.56 Å².